The van der Waals surface area contributed by atoms with Crippen LogP contribution in [0.15, 0.2) is 42.5 Å². The van der Waals surface area contributed by atoms with Gasteiger partial charge in [0.15, 0.2) is 0 Å². The van der Waals surface area contributed by atoms with Gasteiger partial charge in [0.1, 0.15) is 5.82 Å². The van der Waals surface area contributed by atoms with E-state index >= 15 is 0 Å². The van der Waals surface area contributed by atoms with Crippen LogP contribution in [0.25, 0.3) is 0 Å². The molecule has 1 N–H and O–H groups in total. The predicted molar refractivity (Wildman–Crippen MR) is 79.4 cm³/mol. The van der Waals surface area contributed by atoms with Crippen molar-refractivity contribution in [3.63, 3.8) is 0 Å². The summed E-state index contributed by atoms with van der Waals surface area (Å²) in [6, 6.07) is 13.2. The molecule has 0 saturated heterocycles. The highest BCUT2D eigenvalue weighted by Crippen LogP contribution is 2.16. The summed E-state index contributed by atoms with van der Waals surface area (Å²) in [5.41, 5.74) is 2.68. The highest BCUT2D eigenvalue weighted by Gasteiger charge is 2.05. The molecule has 0 aliphatic heterocycles. The lowest BCUT2D eigenvalue weighted by molar-refractivity contribution is 0.618. The molecule has 0 aromatic heterocycles. The van der Waals surface area contributed by atoms with Crippen LogP contribution in [0, 0.1) is 12.7 Å². The van der Waals surface area contributed by atoms with Crippen molar-refractivity contribution in [1.82, 2.24) is 0 Å². The number of nitrogens with one attached hydrogen (secondary N) is 1. The van der Waals surface area contributed by atoms with Crippen molar-refractivity contribution >= 4 is 17.3 Å². The van der Waals surface area contributed by atoms with Gasteiger partial charge in [-0.3, -0.25) is 0 Å². The third-order valence-corrected chi connectivity index (χ3v) is 3.29. The summed E-state index contributed by atoms with van der Waals surface area (Å²) in [6.45, 7) is 3.84. The molecule has 100 valence electrons. The van der Waals surface area contributed by atoms with E-state index in [0.29, 0.717) is 5.56 Å². The zero-order valence-electron chi connectivity index (χ0n) is 11.1. The molecule has 0 heterocycles. The van der Waals surface area contributed by atoms with Crippen LogP contribution in [0.3, 0.4) is 0 Å². The first-order valence-electron chi connectivity index (χ1n) is 6.32. The maximum absolute atomic E-state index is 13.4. The minimum absolute atomic E-state index is 0.177. The van der Waals surface area contributed by atoms with E-state index in [0.717, 1.165) is 17.1 Å². The lowest BCUT2D eigenvalue weighted by Gasteiger charge is -2.16. The van der Waals surface area contributed by atoms with Crippen LogP contribution in [0.1, 0.15) is 18.1 Å². The number of hydrogen-bond acceptors (Lipinski definition) is 1. The van der Waals surface area contributed by atoms with E-state index in [2.05, 4.69) is 12.2 Å². The van der Waals surface area contributed by atoms with Gasteiger partial charge in [-0.2, -0.15) is 0 Å². The van der Waals surface area contributed by atoms with Gasteiger partial charge in [0.05, 0.1) is 0 Å². The number of benzene rings is 2. The second kappa shape index (κ2) is 6.07. The summed E-state index contributed by atoms with van der Waals surface area (Å²) in [5.74, 6) is -0.177. The van der Waals surface area contributed by atoms with Gasteiger partial charge < -0.3 is 5.32 Å². The number of anilines is 1. The Hall–Kier alpha value is -1.54. The molecule has 0 spiro atoms. The van der Waals surface area contributed by atoms with Crippen molar-refractivity contribution in [1.29, 1.82) is 0 Å². The van der Waals surface area contributed by atoms with Crippen LogP contribution in [-0.2, 0) is 6.42 Å². The molecular formula is C16H17ClFN. The van der Waals surface area contributed by atoms with E-state index < -0.39 is 0 Å². The summed E-state index contributed by atoms with van der Waals surface area (Å²) in [5, 5.41) is 4.04. The molecule has 1 atom stereocenters. The highest BCUT2D eigenvalue weighted by atomic mass is 35.5. The van der Waals surface area contributed by atoms with Crippen LogP contribution < -0.4 is 5.32 Å². The van der Waals surface area contributed by atoms with E-state index in [1.807, 2.05) is 30.3 Å². The molecule has 1 nitrogen and oxygen atoms in total. The van der Waals surface area contributed by atoms with Crippen molar-refractivity contribution in [3.05, 3.63) is 64.4 Å². The molecule has 2 rings (SSSR count). The fourth-order valence-corrected chi connectivity index (χ4v) is 2.12. The molecule has 0 bridgehead atoms. The van der Waals surface area contributed by atoms with E-state index in [-0.39, 0.29) is 11.9 Å². The van der Waals surface area contributed by atoms with Gasteiger partial charge in [-0.25, -0.2) is 4.39 Å². The first-order valence-corrected chi connectivity index (χ1v) is 6.69. The minimum Gasteiger partial charge on any atom is -0.382 e. The highest BCUT2D eigenvalue weighted by molar-refractivity contribution is 6.30. The minimum atomic E-state index is -0.177. The van der Waals surface area contributed by atoms with Crippen LogP contribution in [0.2, 0.25) is 5.02 Å². The van der Waals surface area contributed by atoms with Crippen LogP contribution in [0.5, 0.6) is 0 Å². The molecule has 2 aromatic rings. The Morgan fingerprint density at radius 3 is 2.47 bits per heavy atom. The first-order chi connectivity index (χ1) is 9.04. The first kappa shape index (κ1) is 13.9. The smallest absolute Gasteiger partial charge is 0.128 e. The van der Waals surface area contributed by atoms with Gasteiger partial charge in [-0.1, -0.05) is 29.8 Å². The number of hydrogen-bond donors (Lipinski definition) is 1. The van der Waals surface area contributed by atoms with Crippen molar-refractivity contribution in [3.8, 4) is 0 Å². The van der Waals surface area contributed by atoms with E-state index in [9.17, 15) is 4.39 Å². The van der Waals surface area contributed by atoms with Crippen molar-refractivity contribution < 1.29 is 4.39 Å². The Balaban J connectivity index is 1.98. The van der Waals surface area contributed by atoms with Gasteiger partial charge in [-0.05, 0) is 55.7 Å². The van der Waals surface area contributed by atoms with Gasteiger partial charge in [0.25, 0.3) is 0 Å². The third kappa shape index (κ3) is 3.97. The average Bonchev–Trinajstić information content (AvgIpc) is 2.37. The lowest BCUT2D eigenvalue weighted by atomic mass is 10.1. The van der Waals surface area contributed by atoms with E-state index in [1.165, 1.54) is 11.6 Å². The zero-order chi connectivity index (χ0) is 13.8. The van der Waals surface area contributed by atoms with Crippen LogP contribution in [0.4, 0.5) is 10.1 Å². The molecule has 1 unspecified atom stereocenters. The lowest BCUT2D eigenvalue weighted by Crippen LogP contribution is -2.18. The fourth-order valence-electron chi connectivity index (χ4n) is 1.99. The number of halogens is 2. The topological polar surface area (TPSA) is 12.0 Å². The molecule has 0 amide bonds. The van der Waals surface area contributed by atoms with Crippen molar-refractivity contribution in [2.75, 3.05) is 5.32 Å². The van der Waals surface area contributed by atoms with Gasteiger partial charge in [-0.15, -0.1) is 0 Å². The zero-order valence-corrected chi connectivity index (χ0v) is 11.8. The predicted octanol–water partition coefficient (Wildman–Crippen LogP) is 4.83. The van der Waals surface area contributed by atoms with Gasteiger partial charge in [0.2, 0.25) is 0 Å². The van der Waals surface area contributed by atoms with E-state index in [4.69, 9.17) is 11.6 Å². The summed E-state index contributed by atoms with van der Waals surface area (Å²) in [7, 11) is 0. The quantitative estimate of drug-likeness (QED) is 0.844. The normalized spacial score (nSPS) is 12.2. The molecule has 0 aliphatic rings. The monoisotopic (exact) mass is 277 g/mol. The molecule has 3 heteroatoms. The number of rotatable bonds is 4. The molecule has 19 heavy (non-hydrogen) atoms. The second-order valence-corrected chi connectivity index (χ2v) is 5.28. The van der Waals surface area contributed by atoms with Gasteiger partial charge >= 0.3 is 0 Å². The third-order valence-electron chi connectivity index (χ3n) is 3.04. The Morgan fingerprint density at radius 1 is 1.16 bits per heavy atom. The SMILES string of the molecule is Cc1ccc(NC(C)Cc2ccc(Cl)cc2)cc1F. The summed E-state index contributed by atoms with van der Waals surface area (Å²) in [4.78, 5) is 0. The Morgan fingerprint density at radius 2 is 1.84 bits per heavy atom. The van der Waals surface area contributed by atoms with Crippen molar-refractivity contribution in [2.24, 2.45) is 0 Å². The van der Waals surface area contributed by atoms with Crippen LogP contribution >= 0.6 is 11.6 Å². The Bertz CT molecular complexity index is 551. The molecule has 0 saturated carbocycles. The van der Waals surface area contributed by atoms with E-state index in [1.54, 1.807) is 13.0 Å². The second-order valence-electron chi connectivity index (χ2n) is 4.84. The number of aryl methyl sites for hydroxylation is 1. The Kier molecular flexibility index (Phi) is 4.43. The molecule has 0 radical (unpaired) electrons. The fraction of sp³-hybridized carbons (Fsp3) is 0.250. The average molecular weight is 278 g/mol. The van der Waals surface area contributed by atoms with Gasteiger partial charge in [0, 0.05) is 16.8 Å². The van der Waals surface area contributed by atoms with Crippen LogP contribution in [-0.4, -0.2) is 6.04 Å². The maximum atomic E-state index is 13.4. The molecule has 0 aliphatic carbocycles. The molecule has 0 fully saturated rings. The maximum Gasteiger partial charge on any atom is 0.128 e. The summed E-state index contributed by atoms with van der Waals surface area (Å²) in [6.07, 6.45) is 0.868. The Labute approximate surface area is 118 Å². The molecule has 2 aromatic carbocycles. The largest absolute Gasteiger partial charge is 0.382 e. The molecular weight excluding hydrogens is 261 g/mol. The summed E-state index contributed by atoms with van der Waals surface area (Å²) >= 11 is 5.85. The summed E-state index contributed by atoms with van der Waals surface area (Å²) < 4.78 is 13.4. The van der Waals surface area contributed by atoms with Crippen molar-refractivity contribution in [2.45, 2.75) is 26.3 Å². The standard InChI is InChI=1S/C16H17ClFN/c1-11-3-8-15(10-16(11)18)19-12(2)9-13-4-6-14(17)7-5-13/h3-8,10,12,19H,9H2,1-2H3.